The highest BCUT2D eigenvalue weighted by atomic mass is 32.2. The fourth-order valence-corrected chi connectivity index (χ4v) is 2.95. The molecular weight excluding hydrogens is 262 g/mol. The van der Waals surface area contributed by atoms with E-state index < -0.39 is 16.1 Å². The zero-order chi connectivity index (χ0) is 13.2. The van der Waals surface area contributed by atoms with Gasteiger partial charge in [0, 0.05) is 19.3 Å². The largest absolute Gasteiger partial charge is 0.409 e. The van der Waals surface area contributed by atoms with Crippen molar-refractivity contribution in [1.29, 1.82) is 0 Å². The number of amidine groups is 1. The molecule has 1 aromatic heterocycles. The van der Waals surface area contributed by atoms with Gasteiger partial charge in [-0.25, -0.2) is 8.42 Å². The SMILES string of the molecule is NC(=NO)C1CN(S(=O)(=O)c2cn[nH]c2)CCO1. The first kappa shape index (κ1) is 12.8. The van der Waals surface area contributed by atoms with Crippen LogP contribution in [0.1, 0.15) is 0 Å². The number of morpholine rings is 1. The molecule has 1 atom stereocenters. The third-order valence-electron chi connectivity index (χ3n) is 2.59. The number of nitrogens with two attached hydrogens (primary N) is 1. The smallest absolute Gasteiger partial charge is 0.246 e. The Morgan fingerprint density at radius 3 is 3.11 bits per heavy atom. The number of nitrogens with zero attached hydrogens (tertiary/aromatic N) is 3. The van der Waals surface area contributed by atoms with E-state index in [1.165, 1.54) is 16.7 Å². The van der Waals surface area contributed by atoms with Gasteiger partial charge < -0.3 is 15.7 Å². The number of hydrogen-bond donors (Lipinski definition) is 3. The first-order valence-electron chi connectivity index (χ1n) is 5.13. The first-order chi connectivity index (χ1) is 8.55. The maximum atomic E-state index is 12.2. The van der Waals surface area contributed by atoms with Crippen LogP contribution in [0.25, 0.3) is 0 Å². The molecule has 1 saturated heterocycles. The average Bonchev–Trinajstić information content (AvgIpc) is 2.92. The zero-order valence-corrected chi connectivity index (χ0v) is 10.2. The highest BCUT2D eigenvalue weighted by Crippen LogP contribution is 2.17. The van der Waals surface area contributed by atoms with Crippen LogP contribution in [-0.4, -0.2) is 59.8 Å². The molecule has 18 heavy (non-hydrogen) atoms. The summed E-state index contributed by atoms with van der Waals surface area (Å²) in [5.41, 5.74) is 5.41. The van der Waals surface area contributed by atoms with Gasteiger partial charge >= 0.3 is 0 Å². The van der Waals surface area contributed by atoms with E-state index in [0.717, 1.165) is 0 Å². The van der Waals surface area contributed by atoms with Crippen molar-refractivity contribution in [3.63, 3.8) is 0 Å². The Morgan fingerprint density at radius 1 is 1.72 bits per heavy atom. The van der Waals surface area contributed by atoms with E-state index in [9.17, 15) is 8.42 Å². The van der Waals surface area contributed by atoms with E-state index in [0.29, 0.717) is 0 Å². The summed E-state index contributed by atoms with van der Waals surface area (Å²) in [6.45, 7) is 0.393. The Kier molecular flexibility index (Phi) is 3.50. The maximum absolute atomic E-state index is 12.2. The molecule has 1 aromatic rings. The average molecular weight is 275 g/mol. The molecule has 1 fully saturated rings. The molecule has 1 aliphatic rings. The van der Waals surface area contributed by atoms with Crippen molar-refractivity contribution in [2.24, 2.45) is 10.9 Å². The number of sulfonamides is 1. The second-order valence-corrected chi connectivity index (χ2v) is 5.62. The molecule has 0 amide bonds. The number of hydrogen-bond acceptors (Lipinski definition) is 6. The van der Waals surface area contributed by atoms with Gasteiger partial charge in [-0.3, -0.25) is 5.10 Å². The standard InChI is InChI=1S/C8H13N5O4S/c9-8(12-14)7-5-13(1-2-17-7)18(15,16)6-3-10-11-4-6/h3-4,7,14H,1-2,5H2,(H2,9,12)(H,10,11). The quantitative estimate of drug-likeness (QED) is 0.267. The van der Waals surface area contributed by atoms with E-state index in [1.54, 1.807) is 0 Å². The predicted molar refractivity (Wildman–Crippen MR) is 60.5 cm³/mol. The van der Waals surface area contributed by atoms with Crippen LogP contribution in [0.5, 0.6) is 0 Å². The van der Waals surface area contributed by atoms with Crippen molar-refractivity contribution in [2.45, 2.75) is 11.0 Å². The Morgan fingerprint density at radius 2 is 2.50 bits per heavy atom. The molecule has 1 aliphatic heterocycles. The molecule has 2 heterocycles. The summed E-state index contributed by atoms with van der Waals surface area (Å²) in [5.74, 6) is -0.151. The van der Waals surface area contributed by atoms with Gasteiger partial charge in [0.05, 0.1) is 12.8 Å². The molecule has 0 aromatic carbocycles. The molecule has 1 unspecified atom stereocenters. The van der Waals surface area contributed by atoms with Crippen LogP contribution in [0.15, 0.2) is 22.4 Å². The third kappa shape index (κ3) is 2.30. The van der Waals surface area contributed by atoms with Crippen LogP contribution >= 0.6 is 0 Å². The van der Waals surface area contributed by atoms with Crippen molar-refractivity contribution < 1.29 is 18.4 Å². The second kappa shape index (κ2) is 4.92. The van der Waals surface area contributed by atoms with Gasteiger partial charge in [-0.15, -0.1) is 0 Å². The summed E-state index contributed by atoms with van der Waals surface area (Å²) >= 11 is 0. The topological polar surface area (TPSA) is 134 Å². The molecule has 0 bridgehead atoms. The maximum Gasteiger partial charge on any atom is 0.246 e. The summed E-state index contributed by atoms with van der Waals surface area (Å²) in [4.78, 5) is 0.0719. The Hall–Kier alpha value is -1.65. The van der Waals surface area contributed by atoms with Gasteiger partial charge in [0.2, 0.25) is 10.0 Å². The predicted octanol–water partition coefficient (Wildman–Crippen LogP) is -1.45. The molecule has 9 nitrogen and oxygen atoms in total. The minimum atomic E-state index is -3.63. The summed E-state index contributed by atoms with van der Waals surface area (Å²) in [5, 5.41) is 17.4. The number of aromatic nitrogens is 2. The van der Waals surface area contributed by atoms with Gasteiger partial charge in [0.25, 0.3) is 0 Å². The number of nitrogens with one attached hydrogen (secondary N) is 1. The normalized spacial score (nSPS) is 23.1. The summed E-state index contributed by atoms with van der Waals surface area (Å²) < 4.78 is 30.8. The van der Waals surface area contributed by atoms with Crippen LogP contribution in [0.3, 0.4) is 0 Å². The zero-order valence-electron chi connectivity index (χ0n) is 9.35. The monoisotopic (exact) mass is 275 g/mol. The molecule has 0 aliphatic carbocycles. The van der Waals surface area contributed by atoms with E-state index in [4.69, 9.17) is 15.7 Å². The highest BCUT2D eigenvalue weighted by molar-refractivity contribution is 7.89. The van der Waals surface area contributed by atoms with E-state index in [1.807, 2.05) is 0 Å². The Labute approximate surface area is 103 Å². The third-order valence-corrected chi connectivity index (χ3v) is 4.42. The van der Waals surface area contributed by atoms with Crippen molar-refractivity contribution in [2.75, 3.05) is 19.7 Å². The fraction of sp³-hybridized carbons (Fsp3) is 0.500. The Bertz CT molecular complexity index is 526. The van der Waals surface area contributed by atoms with E-state index in [2.05, 4.69) is 15.4 Å². The van der Waals surface area contributed by atoms with Crippen LogP contribution in [-0.2, 0) is 14.8 Å². The van der Waals surface area contributed by atoms with Crippen molar-refractivity contribution in [3.8, 4) is 0 Å². The molecule has 4 N–H and O–H groups in total. The molecule has 100 valence electrons. The lowest BCUT2D eigenvalue weighted by Crippen LogP contribution is -2.50. The van der Waals surface area contributed by atoms with Crippen molar-refractivity contribution >= 4 is 15.9 Å². The number of H-pyrrole nitrogens is 1. The lowest BCUT2D eigenvalue weighted by atomic mass is 10.3. The Balaban J connectivity index is 2.19. The van der Waals surface area contributed by atoms with Gasteiger partial charge in [-0.05, 0) is 0 Å². The summed E-state index contributed by atoms with van der Waals surface area (Å²) in [7, 11) is -3.63. The van der Waals surface area contributed by atoms with Gasteiger partial charge in [0.1, 0.15) is 11.0 Å². The van der Waals surface area contributed by atoms with E-state index in [-0.39, 0.29) is 30.4 Å². The summed E-state index contributed by atoms with van der Waals surface area (Å²) in [6, 6.07) is 0. The number of ether oxygens (including phenoxy) is 1. The molecule has 0 spiro atoms. The highest BCUT2D eigenvalue weighted by Gasteiger charge is 2.33. The molecule has 2 rings (SSSR count). The van der Waals surface area contributed by atoms with Crippen molar-refractivity contribution in [3.05, 3.63) is 12.4 Å². The summed E-state index contributed by atoms with van der Waals surface area (Å²) in [6.07, 6.45) is 1.78. The van der Waals surface area contributed by atoms with Crippen LogP contribution in [0.2, 0.25) is 0 Å². The van der Waals surface area contributed by atoms with Crippen molar-refractivity contribution in [1.82, 2.24) is 14.5 Å². The minimum Gasteiger partial charge on any atom is -0.409 e. The lowest BCUT2D eigenvalue weighted by Gasteiger charge is -2.30. The van der Waals surface area contributed by atoms with Crippen LogP contribution in [0, 0.1) is 0 Å². The molecule has 0 saturated carbocycles. The van der Waals surface area contributed by atoms with Gasteiger partial charge in [-0.2, -0.15) is 9.40 Å². The number of aromatic amines is 1. The minimum absolute atomic E-state index is 0.00338. The first-order valence-corrected chi connectivity index (χ1v) is 6.57. The fourth-order valence-electron chi connectivity index (χ4n) is 1.62. The van der Waals surface area contributed by atoms with Gasteiger partial charge in [0.15, 0.2) is 5.84 Å². The number of oxime groups is 1. The van der Waals surface area contributed by atoms with E-state index >= 15 is 0 Å². The molecule has 0 radical (unpaired) electrons. The van der Waals surface area contributed by atoms with Crippen LogP contribution < -0.4 is 5.73 Å². The number of rotatable bonds is 3. The van der Waals surface area contributed by atoms with Crippen LogP contribution in [0.4, 0.5) is 0 Å². The van der Waals surface area contributed by atoms with Gasteiger partial charge in [-0.1, -0.05) is 5.16 Å². The second-order valence-electron chi connectivity index (χ2n) is 3.68. The molecule has 10 heteroatoms. The lowest BCUT2D eigenvalue weighted by molar-refractivity contribution is 0.0355. The molecular formula is C8H13N5O4S.